The van der Waals surface area contributed by atoms with Crippen LogP contribution >= 0.6 is 47.1 Å². The van der Waals surface area contributed by atoms with Gasteiger partial charge in [-0.2, -0.15) is 0 Å². The van der Waals surface area contributed by atoms with Crippen molar-refractivity contribution in [2.45, 2.75) is 37.8 Å². The molecule has 1 aromatic carbocycles. The van der Waals surface area contributed by atoms with E-state index in [1.165, 1.54) is 12.1 Å². The molecule has 29 heavy (non-hydrogen) atoms. The number of halogens is 2. The number of rotatable bonds is 10. The lowest BCUT2D eigenvalue weighted by Gasteiger charge is -2.21. The number of methoxy groups -OCH3 is 1. The highest BCUT2D eigenvalue weighted by Crippen LogP contribution is 2.21. The van der Waals surface area contributed by atoms with Crippen LogP contribution in [0.2, 0.25) is 0 Å². The molecule has 0 aliphatic carbocycles. The molecule has 0 spiro atoms. The maximum atomic E-state index is 12.9. The molecule has 5 nitrogen and oxygen atoms in total. The summed E-state index contributed by atoms with van der Waals surface area (Å²) in [4.78, 5) is 12.5. The quantitative estimate of drug-likeness (QED) is 0.145. The maximum absolute atomic E-state index is 12.9. The third-order valence-electron chi connectivity index (χ3n) is 4.01. The van der Waals surface area contributed by atoms with E-state index in [-0.39, 0.29) is 35.9 Å². The average Bonchev–Trinajstić information content (AvgIpc) is 3.16. The van der Waals surface area contributed by atoms with E-state index in [1.54, 1.807) is 30.2 Å². The van der Waals surface area contributed by atoms with Gasteiger partial charge in [-0.05, 0) is 50.3 Å². The van der Waals surface area contributed by atoms with E-state index in [0.717, 1.165) is 46.8 Å². The molecular formula is C20H30FIN4OS2. The Labute approximate surface area is 198 Å². The Morgan fingerprint density at radius 3 is 2.76 bits per heavy atom. The Balaban J connectivity index is 0.00000420. The van der Waals surface area contributed by atoms with E-state index in [4.69, 9.17) is 9.73 Å². The minimum Gasteiger partial charge on any atom is -0.375 e. The van der Waals surface area contributed by atoms with Crippen LogP contribution in [0.3, 0.4) is 0 Å². The lowest BCUT2D eigenvalue weighted by molar-refractivity contribution is 0.119. The number of ether oxygens (including phenoxy) is 1. The molecule has 1 heterocycles. The predicted molar refractivity (Wildman–Crippen MR) is 132 cm³/mol. The second-order valence-electron chi connectivity index (χ2n) is 6.30. The topological polar surface area (TPSA) is 49.8 Å². The van der Waals surface area contributed by atoms with Crippen molar-refractivity contribution in [3.8, 4) is 0 Å². The standard InChI is InChI=1S/C20H29FN4OS2.HI/c1-5-22-20(23-11-6-12-27-18-9-7-16(21)8-10-18)25(3)13-17-14-28-19(24-17)15(2)26-4;/h7-10,14-15H,5-6,11-13H2,1-4H3,(H,22,23);1H. The summed E-state index contributed by atoms with van der Waals surface area (Å²) in [5.41, 5.74) is 1.02. The van der Waals surface area contributed by atoms with E-state index in [1.807, 2.05) is 26.1 Å². The van der Waals surface area contributed by atoms with Crippen LogP contribution in [0.25, 0.3) is 0 Å². The summed E-state index contributed by atoms with van der Waals surface area (Å²) in [5.74, 6) is 1.63. The summed E-state index contributed by atoms with van der Waals surface area (Å²) < 4.78 is 18.3. The van der Waals surface area contributed by atoms with Gasteiger partial charge in [0.25, 0.3) is 0 Å². The highest BCUT2D eigenvalue weighted by Gasteiger charge is 2.12. The summed E-state index contributed by atoms with van der Waals surface area (Å²) in [6, 6.07) is 6.62. The zero-order chi connectivity index (χ0) is 20.4. The van der Waals surface area contributed by atoms with Gasteiger partial charge in [0.1, 0.15) is 16.9 Å². The zero-order valence-corrected chi connectivity index (χ0v) is 21.3. The van der Waals surface area contributed by atoms with Crippen LogP contribution in [-0.4, -0.2) is 48.8 Å². The first-order valence-electron chi connectivity index (χ1n) is 9.38. The van der Waals surface area contributed by atoms with Crippen molar-refractivity contribution in [2.24, 2.45) is 4.99 Å². The molecule has 0 saturated heterocycles. The molecule has 0 radical (unpaired) electrons. The van der Waals surface area contributed by atoms with Crippen molar-refractivity contribution >= 4 is 53.0 Å². The summed E-state index contributed by atoms with van der Waals surface area (Å²) in [7, 11) is 3.72. The number of hydrogen-bond acceptors (Lipinski definition) is 5. The zero-order valence-electron chi connectivity index (χ0n) is 17.4. The van der Waals surface area contributed by atoms with E-state index < -0.39 is 0 Å². The maximum Gasteiger partial charge on any atom is 0.194 e. The molecule has 0 fully saturated rings. The monoisotopic (exact) mass is 552 g/mol. The Morgan fingerprint density at radius 2 is 2.10 bits per heavy atom. The summed E-state index contributed by atoms with van der Waals surface area (Å²) in [5, 5.41) is 6.40. The molecule has 0 aliphatic heterocycles. The fourth-order valence-corrected chi connectivity index (χ4v) is 4.12. The van der Waals surface area contributed by atoms with Crippen LogP contribution in [0.4, 0.5) is 4.39 Å². The number of nitrogens with one attached hydrogen (secondary N) is 1. The van der Waals surface area contributed by atoms with Gasteiger partial charge >= 0.3 is 0 Å². The number of thioether (sulfide) groups is 1. The highest BCUT2D eigenvalue weighted by molar-refractivity contribution is 14.0. The summed E-state index contributed by atoms with van der Waals surface area (Å²) in [6.07, 6.45) is 0.973. The van der Waals surface area contributed by atoms with Gasteiger partial charge in [-0.3, -0.25) is 4.99 Å². The summed E-state index contributed by atoms with van der Waals surface area (Å²) in [6.45, 7) is 6.32. The van der Waals surface area contributed by atoms with Gasteiger partial charge in [0.05, 0.1) is 12.2 Å². The molecule has 162 valence electrons. The van der Waals surface area contributed by atoms with Crippen molar-refractivity contribution in [2.75, 3.05) is 33.0 Å². The number of thiazole rings is 1. The Hall–Kier alpha value is -0.910. The summed E-state index contributed by atoms with van der Waals surface area (Å²) >= 11 is 3.35. The Bertz CT molecular complexity index is 742. The van der Waals surface area contributed by atoms with Crippen molar-refractivity contribution in [3.63, 3.8) is 0 Å². The number of benzene rings is 1. The molecule has 2 rings (SSSR count). The molecular weight excluding hydrogens is 522 g/mol. The smallest absolute Gasteiger partial charge is 0.194 e. The first-order chi connectivity index (χ1) is 13.5. The lowest BCUT2D eigenvalue weighted by Crippen LogP contribution is -2.38. The molecule has 9 heteroatoms. The molecule has 0 aliphatic rings. The van der Waals surface area contributed by atoms with Crippen LogP contribution in [0.1, 0.15) is 37.1 Å². The normalized spacial score (nSPS) is 12.4. The van der Waals surface area contributed by atoms with Crippen molar-refractivity contribution in [3.05, 3.63) is 46.2 Å². The van der Waals surface area contributed by atoms with E-state index in [0.29, 0.717) is 6.54 Å². The minimum absolute atomic E-state index is 0. The highest BCUT2D eigenvalue weighted by atomic mass is 127. The molecule has 1 N–H and O–H groups in total. The molecule has 2 aromatic rings. The second kappa shape index (κ2) is 14.2. The number of guanidine groups is 1. The van der Waals surface area contributed by atoms with Crippen molar-refractivity contribution < 1.29 is 9.13 Å². The second-order valence-corrected chi connectivity index (χ2v) is 8.36. The van der Waals surface area contributed by atoms with E-state index >= 15 is 0 Å². The lowest BCUT2D eigenvalue weighted by atomic mass is 10.4. The SMILES string of the molecule is CCNC(=NCCCSc1ccc(F)cc1)N(C)Cc1csc(C(C)OC)n1.I. The van der Waals surface area contributed by atoms with Gasteiger partial charge < -0.3 is 15.0 Å². The predicted octanol–water partition coefficient (Wildman–Crippen LogP) is 5.19. The molecule has 1 atom stereocenters. The van der Waals surface area contributed by atoms with Crippen LogP contribution in [-0.2, 0) is 11.3 Å². The first kappa shape index (κ1) is 26.1. The number of aliphatic imine (C=N–C) groups is 1. The number of aromatic nitrogens is 1. The fourth-order valence-electron chi connectivity index (χ4n) is 2.44. The van der Waals surface area contributed by atoms with Crippen LogP contribution in [0, 0.1) is 5.82 Å². The largest absolute Gasteiger partial charge is 0.375 e. The molecule has 0 saturated carbocycles. The third kappa shape index (κ3) is 9.18. The number of hydrogen-bond donors (Lipinski definition) is 1. The van der Waals surface area contributed by atoms with Crippen LogP contribution < -0.4 is 5.32 Å². The third-order valence-corrected chi connectivity index (χ3v) is 6.17. The Kier molecular flexibility index (Phi) is 12.8. The molecule has 1 unspecified atom stereocenters. The van der Waals surface area contributed by atoms with E-state index in [2.05, 4.69) is 27.5 Å². The van der Waals surface area contributed by atoms with Gasteiger partial charge in [0, 0.05) is 37.5 Å². The van der Waals surface area contributed by atoms with Gasteiger partial charge in [-0.15, -0.1) is 47.1 Å². The van der Waals surface area contributed by atoms with Gasteiger partial charge in [0.15, 0.2) is 5.96 Å². The van der Waals surface area contributed by atoms with E-state index in [9.17, 15) is 4.39 Å². The van der Waals surface area contributed by atoms with Gasteiger partial charge in [-0.1, -0.05) is 0 Å². The number of nitrogens with zero attached hydrogens (tertiary/aromatic N) is 3. The first-order valence-corrected chi connectivity index (χ1v) is 11.2. The molecule has 1 aromatic heterocycles. The van der Waals surface area contributed by atoms with Crippen molar-refractivity contribution in [1.82, 2.24) is 15.2 Å². The van der Waals surface area contributed by atoms with Crippen LogP contribution in [0.5, 0.6) is 0 Å². The molecule has 0 bridgehead atoms. The fraction of sp³-hybridized carbons (Fsp3) is 0.500. The van der Waals surface area contributed by atoms with Crippen LogP contribution in [0.15, 0.2) is 39.5 Å². The van der Waals surface area contributed by atoms with Crippen molar-refractivity contribution in [1.29, 1.82) is 0 Å². The van der Waals surface area contributed by atoms with Gasteiger partial charge in [0.2, 0.25) is 0 Å². The molecule has 0 amide bonds. The average molecular weight is 553 g/mol. The Morgan fingerprint density at radius 1 is 1.38 bits per heavy atom. The van der Waals surface area contributed by atoms with Gasteiger partial charge in [-0.25, -0.2) is 9.37 Å². The minimum atomic E-state index is -0.198.